The van der Waals surface area contributed by atoms with Crippen LogP contribution in [0.2, 0.25) is 0 Å². The van der Waals surface area contributed by atoms with Gasteiger partial charge in [0.05, 0.1) is 11.2 Å². The largest absolute Gasteiger partial charge is 0.497 e. The Kier molecular flexibility index (Phi) is 3.46. The summed E-state index contributed by atoms with van der Waals surface area (Å²) in [6, 6.07) is 4.74. The van der Waals surface area contributed by atoms with Crippen molar-refractivity contribution in [3.8, 4) is 11.8 Å². The van der Waals surface area contributed by atoms with Crippen LogP contribution < -0.4 is 5.46 Å². The summed E-state index contributed by atoms with van der Waals surface area (Å²) >= 11 is 0. The van der Waals surface area contributed by atoms with E-state index in [2.05, 4.69) is 11.8 Å². The number of hydrogen-bond acceptors (Lipinski definition) is 2. The zero-order valence-electron chi connectivity index (χ0n) is 12.0. The second kappa shape index (κ2) is 4.66. The van der Waals surface area contributed by atoms with E-state index in [0.29, 0.717) is 5.46 Å². The van der Waals surface area contributed by atoms with Crippen molar-refractivity contribution in [1.82, 2.24) is 0 Å². The minimum Gasteiger partial charge on any atom is -0.399 e. The average molecular weight is 260 g/mol. The van der Waals surface area contributed by atoms with Gasteiger partial charge in [0, 0.05) is 11.0 Å². The molecule has 100 valence electrons. The number of benzene rings is 1. The van der Waals surface area contributed by atoms with Gasteiger partial charge in [-0.05, 0) is 52.8 Å². The van der Waals surface area contributed by atoms with Crippen molar-refractivity contribution in [3.05, 3.63) is 29.6 Å². The smallest absolute Gasteiger partial charge is 0.399 e. The highest BCUT2D eigenvalue weighted by Gasteiger charge is 2.52. The molecule has 1 aromatic carbocycles. The average Bonchev–Trinajstić information content (AvgIpc) is 2.51. The monoisotopic (exact) mass is 260 g/mol. The molecular weight excluding hydrogens is 242 g/mol. The van der Waals surface area contributed by atoms with Crippen molar-refractivity contribution in [2.45, 2.75) is 45.8 Å². The summed E-state index contributed by atoms with van der Waals surface area (Å²) in [5.41, 5.74) is 0.208. The van der Waals surface area contributed by atoms with E-state index in [-0.39, 0.29) is 5.82 Å². The van der Waals surface area contributed by atoms with Crippen molar-refractivity contribution in [3.63, 3.8) is 0 Å². The summed E-state index contributed by atoms with van der Waals surface area (Å²) in [6.07, 6.45) is 0. The number of halogens is 1. The van der Waals surface area contributed by atoms with E-state index in [9.17, 15) is 4.39 Å². The van der Waals surface area contributed by atoms with Gasteiger partial charge in [0.15, 0.2) is 0 Å². The van der Waals surface area contributed by atoms with Crippen LogP contribution in [0, 0.1) is 17.7 Å². The van der Waals surface area contributed by atoms with Gasteiger partial charge in [0.25, 0.3) is 0 Å². The first-order valence-corrected chi connectivity index (χ1v) is 6.35. The fourth-order valence-corrected chi connectivity index (χ4v) is 1.92. The summed E-state index contributed by atoms with van der Waals surface area (Å²) in [7, 11) is -0.691. The molecule has 0 radical (unpaired) electrons. The highest BCUT2D eigenvalue weighted by Crippen LogP contribution is 2.36. The van der Waals surface area contributed by atoms with Crippen LogP contribution in [0.5, 0.6) is 0 Å². The SMILES string of the molecule is CC#Cc1ccc(F)c(B2OC(C)(C)C(C)(C)O2)c1. The van der Waals surface area contributed by atoms with E-state index in [1.807, 2.05) is 27.7 Å². The second-order valence-corrected chi connectivity index (χ2v) is 5.70. The van der Waals surface area contributed by atoms with Crippen LogP contribution in [0.25, 0.3) is 0 Å². The summed E-state index contributed by atoms with van der Waals surface area (Å²) in [5.74, 6) is 5.38. The van der Waals surface area contributed by atoms with Gasteiger partial charge in [0.1, 0.15) is 5.82 Å². The van der Waals surface area contributed by atoms with Crippen LogP contribution in [0.15, 0.2) is 18.2 Å². The Morgan fingerprint density at radius 3 is 2.21 bits per heavy atom. The van der Waals surface area contributed by atoms with E-state index in [1.54, 1.807) is 19.1 Å². The molecular formula is C15H18BFO2. The maximum Gasteiger partial charge on any atom is 0.497 e. The van der Waals surface area contributed by atoms with Gasteiger partial charge in [0.2, 0.25) is 0 Å². The van der Waals surface area contributed by atoms with E-state index in [1.165, 1.54) is 6.07 Å². The molecule has 0 amide bonds. The first-order chi connectivity index (χ1) is 8.77. The molecule has 2 rings (SSSR count). The van der Waals surface area contributed by atoms with Gasteiger partial charge in [-0.25, -0.2) is 4.39 Å². The van der Waals surface area contributed by atoms with Crippen LogP contribution in [0.1, 0.15) is 40.2 Å². The first kappa shape index (κ1) is 14.1. The standard InChI is InChI=1S/C15H18BFO2/c1-6-7-11-8-9-13(17)12(10-11)16-18-14(2,3)15(4,5)19-16/h8-10H,1-5H3. The Morgan fingerprint density at radius 2 is 1.68 bits per heavy atom. The minimum atomic E-state index is -0.691. The Balaban J connectivity index is 2.38. The normalized spacial score (nSPS) is 20.0. The van der Waals surface area contributed by atoms with E-state index in [4.69, 9.17) is 9.31 Å². The Bertz CT molecular complexity index is 539. The van der Waals surface area contributed by atoms with E-state index >= 15 is 0 Å². The first-order valence-electron chi connectivity index (χ1n) is 6.35. The lowest BCUT2D eigenvalue weighted by atomic mass is 9.78. The Labute approximate surface area is 114 Å². The lowest BCUT2D eigenvalue weighted by Gasteiger charge is -2.32. The lowest BCUT2D eigenvalue weighted by Crippen LogP contribution is -2.41. The molecule has 1 fully saturated rings. The van der Waals surface area contributed by atoms with Crippen molar-refractivity contribution in [1.29, 1.82) is 0 Å². The van der Waals surface area contributed by atoms with Crippen LogP contribution in [-0.4, -0.2) is 18.3 Å². The molecule has 1 aliphatic heterocycles. The summed E-state index contributed by atoms with van der Waals surface area (Å²) < 4.78 is 25.7. The molecule has 0 N–H and O–H groups in total. The van der Waals surface area contributed by atoms with Crippen molar-refractivity contribution < 1.29 is 13.7 Å². The van der Waals surface area contributed by atoms with Crippen molar-refractivity contribution in [2.24, 2.45) is 0 Å². The van der Waals surface area contributed by atoms with Gasteiger partial charge in [-0.1, -0.05) is 5.92 Å². The van der Waals surface area contributed by atoms with E-state index < -0.39 is 18.3 Å². The van der Waals surface area contributed by atoms with Crippen LogP contribution in [0.4, 0.5) is 4.39 Å². The molecule has 1 heterocycles. The molecule has 0 atom stereocenters. The molecule has 1 aromatic rings. The Morgan fingerprint density at radius 1 is 1.11 bits per heavy atom. The molecule has 1 aliphatic rings. The van der Waals surface area contributed by atoms with Crippen LogP contribution >= 0.6 is 0 Å². The zero-order chi connectivity index (χ0) is 14.3. The topological polar surface area (TPSA) is 18.5 Å². The third-order valence-electron chi connectivity index (χ3n) is 3.77. The molecule has 0 unspecified atom stereocenters. The molecule has 0 saturated carbocycles. The van der Waals surface area contributed by atoms with E-state index in [0.717, 1.165) is 5.56 Å². The molecule has 1 saturated heterocycles. The fourth-order valence-electron chi connectivity index (χ4n) is 1.92. The van der Waals surface area contributed by atoms with Gasteiger partial charge in [-0.15, -0.1) is 5.92 Å². The van der Waals surface area contributed by atoms with Gasteiger partial charge in [-0.2, -0.15) is 0 Å². The predicted molar refractivity (Wildman–Crippen MR) is 74.7 cm³/mol. The molecule has 2 nitrogen and oxygen atoms in total. The predicted octanol–water partition coefficient (Wildman–Crippen LogP) is 2.50. The highest BCUT2D eigenvalue weighted by atomic mass is 19.1. The van der Waals surface area contributed by atoms with Crippen LogP contribution in [0.3, 0.4) is 0 Å². The molecule has 4 heteroatoms. The third-order valence-corrected chi connectivity index (χ3v) is 3.77. The fraction of sp³-hybridized carbons (Fsp3) is 0.467. The van der Waals surface area contributed by atoms with Gasteiger partial charge in [-0.3, -0.25) is 0 Å². The van der Waals surface area contributed by atoms with Gasteiger partial charge >= 0.3 is 7.12 Å². The third kappa shape index (κ3) is 2.54. The minimum absolute atomic E-state index is 0.333. The summed E-state index contributed by atoms with van der Waals surface area (Å²) in [6.45, 7) is 9.53. The molecule has 0 spiro atoms. The molecule has 19 heavy (non-hydrogen) atoms. The Hall–Kier alpha value is -1.31. The maximum absolute atomic E-state index is 14.0. The zero-order valence-corrected chi connectivity index (χ0v) is 12.0. The summed E-state index contributed by atoms with van der Waals surface area (Å²) in [5, 5.41) is 0. The maximum atomic E-state index is 14.0. The molecule has 0 aliphatic carbocycles. The highest BCUT2D eigenvalue weighted by molar-refractivity contribution is 6.62. The number of rotatable bonds is 1. The van der Waals surface area contributed by atoms with Crippen LogP contribution in [-0.2, 0) is 9.31 Å². The lowest BCUT2D eigenvalue weighted by molar-refractivity contribution is 0.00578. The quantitative estimate of drug-likeness (QED) is 0.570. The second-order valence-electron chi connectivity index (χ2n) is 5.70. The summed E-state index contributed by atoms with van der Waals surface area (Å²) in [4.78, 5) is 0. The van der Waals surface area contributed by atoms with Crippen molar-refractivity contribution >= 4 is 12.6 Å². The molecule has 0 bridgehead atoms. The number of hydrogen-bond donors (Lipinski definition) is 0. The van der Waals surface area contributed by atoms with Crippen molar-refractivity contribution in [2.75, 3.05) is 0 Å². The van der Waals surface area contributed by atoms with Gasteiger partial charge < -0.3 is 9.31 Å². The molecule has 0 aromatic heterocycles.